The minimum atomic E-state index is -3.27. The average Bonchev–Trinajstić information content (AvgIpc) is 2.43. The van der Waals surface area contributed by atoms with Crippen molar-refractivity contribution >= 4 is 33.4 Å². The third-order valence-corrected chi connectivity index (χ3v) is 5.00. The monoisotopic (exact) mass is 241 g/mol. The fourth-order valence-electron chi connectivity index (χ4n) is 1.59. The Bertz CT molecular complexity index is 532. The molecule has 1 aliphatic heterocycles. The molecular weight excluding hydrogens is 230 g/mol. The molecule has 0 unspecified atom stereocenters. The molecule has 5 heteroatoms. The van der Waals surface area contributed by atoms with E-state index < -0.39 is 9.84 Å². The van der Waals surface area contributed by atoms with E-state index in [1.807, 2.05) is 6.26 Å². The Morgan fingerprint density at radius 3 is 2.73 bits per heavy atom. The number of hydrogen-bond donors (Lipinski definition) is 1. The van der Waals surface area contributed by atoms with E-state index in [0.717, 1.165) is 0 Å². The largest absolute Gasteiger partial charge is 0.398 e. The summed E-state index contributed by atoms with van der Waals surface area (Å²) in [6, 6.07) is 4.99. The summed E-state index contributed by atoms with van der Waals surface area (Å²) in [5.74, 6) is 0.496. The lowest BCUT2D eigenvalue weighted by atomic mass is 10.2. The van der Waals surface area contributed by atoms with Crippen LogP contribution < -0.4 is 5.73 Å². The van der Waals surface area contributed by atoms with Gasteiger partial charge in [-0.05, 0) is 24.5 Å². The van der Waals surface area contributed by atoms with Gasteiger partial charge in [0.25, 0.3) is 0 Å². The summed E-state index contributed by atoms with van der Waals surface area (Å²) < 4.78 is 24.0. The first-order valence-corrected chi connectivity index (χ1v) is 7.28. The summed E-state index contributed by atoms with van der Waals surface area (Å²) in [6.07, 6.45) is 3.55. The van der Waals surface area contributed by atoms with Crippen molar-refractivity contribution in [3.05, 3.63) is 28.7 Å². The second-order valence-corrected chi connectivity index (χ2v) is 6.14. The highest BCUT2D eigenvalue weighted by atomic mass is 32.2. The molecule has 3 nitrogen and oxygen atoms in total. The number of anilines is 1. The molecule has 1 aromatic carbocycles. The van der Waals surface area contributed by atoms with Gasteiger partial charge in [-0.15, -0.1) is 0 Å². The zero-order valence-electron chi connectivity index (χ0n) is 8.23. The lowest BCUT2D eigenvalue weighted by Gasteiger charge is -2.02. The van der Waals surface area contributed by atoms with Gasteiger partial charge in [0.1, 0.15) is 0 Å². The molecule has 0 fully saturated rings. The zero-order valence-corrected chi connectivity index (χ0v) is 9.86. The van der Waals surface area contributed by atoms with Gasteiger partial charge in [-0.2, -0.15) is 11.8 Å². The number of hydrogen-bond acceptors (Lipinski definition) is 4. The quantitative estimate of drug-likeness (QED) is 0.801. The number of fused-ring (bicyclic) bond motifs is 1. The van der Waals surface area contributed by atoms with E-state index in [4.69, 9.17) is 5.73 Å². The average molecular weight is 241 g/mol. The molecule has 0 amide bonds. The van der Waals surface area contributed by atoms with Crippen LogP contribution in [0.5, 0.6) is 0 Å². The Labute approximate surface area is 93.3 Å². The Morgan fingerprint density at radius 1 is 1.40 bits per heavy atom. The molecule has 80 valence electrons. The maximum atomic E-state index is 12.0. The highest BCUT2D eigenvalue weighted by molar-refractivity contribution is 8.01. The van der Waals surface area contributed by atoms with Crippen LogP contribution in [-0.4, -0.2) is 20.4 Å². The number of benzene rings is 1. The van der Waals surface area contributed by atoms with E-state index in [9.17, 15) is 8.42 Å². The van der Waals surface area contributed by atoms with E-state index in [2.05, 4.69) is 0 Å². The Balaban J connectivity index is 2.64. The molecule has 0 bridgehead atoms. The summed E-state index contributed by atoms with van der Waals surface area (Å²) >= 11 is 1.49. The van der Waals surface area contributed by atoms with Gasteiger partial charge in [-0.1, -0.05) is 6.07 Å². The van der Waals surface area contributed by atoms with Gasteiger partial charge in [0.2, 0.25) is 9.84 Å². The number of sulfone groups is 1. The van der Waals surface area contributed by atoms with Crippen molar-refractivity contribution in [3.8, 4) is 0 Å². The fourth-order valence-corrected chi connectivity index (χ4v) is 4.21. The Hall–Kier alpha value is -0.940. The van der Waals surface area contributed by atoms with E-state index >= 15 is 0 Å². The first-order chi connectivity index (χ1) is 7.07. The molecular formula is C10H11NO2S2. The first kappa shape index (κ1) is 10.6. The third kappa shape index (κ3) is 1.55. The van der Waals surface area contributed by atoms with E-state index in [1.54, 1.807) is 24.3 Å². The minimum Gasteiger partial charge on any atom is -0.398 e. The van der Waals surface area contributed by atoms with Crippen molar-refractivity contribution in [3.63, 3.8) is 0 Å². The van der Waals surface area contributed by atoms with Gasteiger partial charge >= 0.3 is 0 Å². The van der Waals surface area contributed by atoms with Crippen LogP contribution in [-0.2, 0) is 9.84 Å². The molecule has 15 heavy (non-hydrogen) atoms. The van der Waals surface area contributed by atoms with Crippen LogP contribution in [0.3, 0.4) is 0 Å². The van der Waals surface area contributed by atoms with Crippen molar-refractivity contribution in [2.24, 2.45) is 0 Å². The molecule has 0 atom stereocenters. The standard InChI is InChI=1S/C10H11NO2S2/c1-14-6-7-5-8-9(11)3-2-4-10(8)15(7,12)13/h2-5H,6,11H2,1H3. The molecule has 2 N–H and O–H groups in total. The van der Waals surface area contributed by atoms with Gasteiger partial charge in [0.05, 0.1) is 9.80 Å². The maximum Gasteiger partial charge on any atom is 0.204 e. The number of rotatable bonds is 2. The van der Waals surface area contributed by atoms with Crippen LogP contribution in [0.1, 0.15) is 5.56 Å². The summed E-state index contributed by atoms with van der Waals surface area (Å²) in [5, 5.41) is 0. The van der Waals surface area contributed by atoms with Crippen LogP contribution in [0, 0.1) is 0 Å². The summed E-state index contributed by atoms with van der Waals surface area (Å²) in [7, 11) is -3.27. The summed E-state index contributed by atoms with van der Waals surface area (Å²) in [4.78, 5) is 0.787. The van der Waals surface area contributed by atoms with Gasteiger partial charge in [-0.3, -0.25) is 0 Å². The maximum absolute atomic E-state index is 12.0. The molecule has 0 aliphatic carbocycles. The van der Waals surface area contributed by atoms with Gasteiger partial charge in [0, 0.05) is 17.0 Å². The Morgan fingerprint density at radius 2 is 2.13 bits per heavy atom. The van der Waals surface area contributed by atoms with Crippen molar-refractivity contribution < 1.29 is 8.42 Å². The predicted octanol–water partition coefficient (Wildman–Crippen LogP) is 1.76. The molecule has 0 saturated heterocycles. The van der Waals surface area contributed by atoms with Crippen LogP contribution >= 0.6 is 11.8 Å². The smallest absolute Gasteiger partial charge is 0.204 e. The minimum absolute atomic E-state index is 0.339. The number of nitrogen functional groups attached to an aromatic ring is 1. The van der Waals surface area contributed by atoms with Crippen LogP contribution in [0.2, 0.25) is 0 Å². The van der Waals surface area contributed by atoms with E-state index in [0.29, 0.717) is 26.8 Å². The van der Waals surface area contributed by atoms with Crippen molar-refractivity contribution in [1.29, 1.82) is 0 Å². The van der Waals surface area contributed by atoms with Gasteiger partial charge in [0.15, 0.2) is 0 Å². The molecule has 0 saturated carbocycles. The van der Waals surface area contributed by atoms with E-state index in [1.165, 1.54) is 11.8 Å². The van der Waals surface area contributed by atoms with Crippen molar-refractivity contribution in [2.45, 2.75) is 4.90 Å². The summed E-state index contributed by atoms with van der Waals surface area (Å²) in [5.41, 5.74) is 6.90. The number of thioether (sulfide) groups is 1. The molecule has 2 rings (SSSR count). The lowest BCUT2D eigenvalue weighted by molar-refractivity contribution is 0.603. The molecule has 0 spiro atoms. The first-order valence-electron chi connectivity index (χ1n) is 4.40. The zero-order chi connectivity index (χ0) is 11.1. The molecule has 1 aromatic rings. The van der Waals surface area contributed by atoms with Crippen molar-refractivity contribution in [2.75, 3.05) is 17.7 Å². The van der Waals surface area contributed by atoms with Gasteiger partial charge in [-0.25, -0.2) is 8.42 Å². The van der Waals surface area contributed by atoms with E-state index in [-0.39, 0.29) is 0 Å². The topological polar surface area (TPSA) is 60.2 Å². The molecule has 1 heterocycles. The lowest BCUT2D eigenvalue weighted by Crippen LogP contribution is -2.02. The second-order valence-electron chi connectivity index (χ2n) is 3.31. The SMILES string of the molecule is CSCC1=Cc2c(N)cccc2S1(=O)=O. The Kier molecular flexibility index (Phi) is 2.52. The second kappa shape index (κ2) is 3.57. The normalized spacial score (nSPS) is 17.3. The van der Waals surface area contributed by atoms with Crippen molar-refractivity contribution in [1.82, 2.24) is 0 Å². The third-order valence-electron chi connectivity index (χ3n) is 2.33. The predicted molar refractivity (Wildman–Crippen MR) is 64.4 cm³/mol. The van der Waals surface area contributed by atoms with Crippen LogP contribution in [0.4, 0.5) is 5.69 Å². The van der Waals surface area contributed by atoms with Gasteiger partial charge < -0.3 is 5.73 Å². The highest BCUT2D eigenvalue weighted by Crippen LogP contribution is 2.36. The van der Waals surface area contributed by atoms with Crippen LogP contribution in [0.15, 0.2) is 28.0 Å². The highest BCUT2D eigenvalue weighted by Gasteiger charge is 2.29. The fraction of sp³-hybridized carbons (Fsp3) is 0.200. The van der Waals surface area contributed by atoms with Crippen LogP contribution in [0.25, 0.3) is 6.08 Å². The molecule has 0 radical (unpaired) electrons. The molecule has 0 aromatic heterocycles. The summed E-state index contributed by atoms with van der Waals surface area (Å²) in [6.45, 7) is 0. The number of nitrogens with two attached hydrogens (primary N) is 1. The molecule has 1 aliphatic rings.